The molecule has 132 valence electrons. The van der Waals surface area contributed by atoms with Crippen LogP contribution in [0.1, 0.15) is 29.3 Å². The summed E-state index contributed by atoms with van der Waals surface area (Å²) in [5.74, 6) is -2.32. The van der Waals surface area contributed by atoms with Gasteiger partial charge in [-0.1, -0.05) is 12.1 Å². The van der Waals surface area contributed by atoms with E-state index in [1.165, 1.54) is 16.7 Å². The van der Waals surface area contributed by atoms with Crippen LogP contribution in [0.2, 0.25) is 0 Å². The molecule has 0 spiro atoms. The summed E-state index contributed by atoms with van der Waals surface area (Å²) in [6.07, 6.45) is -0.479. The van der Waals surface area contributed by atoms with Gasteiger partial charge >= 0.3 is 5.97 Å². The van der Waals surface area contributed by atoms with Crippen LogP contribution in [-0.2, 0) is 9.59 Å². The number of benzene rings is 1. The second kappa shape index (κ2) is 6.00. The number of aliphatic hydroxyl groups is 1. The Morgan fingerprint density at radius 1 is 1.32 bits per heavy atom. The van der Waals surface area contributed by atoms with E-state index in [1.54, 1.807) is 38.4 Å². The van der Waals surface area contributed by atoms with Gasteiger partial charge in [0.2, 0.25) is 5.91 Å². The maximum atomic E-state index is 12.2. The van der Waals surface area contributed by atoms with E-state index < -0.39 is 18.0 Å². The Bertz CT molecular complexity index is 796. The van der Waals surface area contributed by atoms with Crippen LogP contribution in [0.3, 0.4) is 0 Å². The van der Waals surface area contributed by atoms with Crippen LogP contribution in [0.15, 0.2) is 30.0 Å². The van der Waals surface area contributed by atoms with Gasteiger partial charge in [-0.25, -0.2) is 4.79 Å². The van der Waals surface area contributed by atoms with E-state index in [1.807, 2.05) is 0 Å². The number of carboxylic acids is 1. The number of rotatable bonds is 4. The predicted octanol–water partition coefficient (Wildman–Crippen LogP) is 0.796. The van der Waals surface area contributed by atoms with Crippen LogP contribution in [0, 0.1) is 5.92 Å². The lowest BCUT2D eigenvalue weighted by molar-refractivity contribution is -0.161. The molecule has 3 rings (SSSR count). The van der Waals surface area contributed by atoms with E-state index in [2.05, 4.69) is 0 Å². The molecular weight excluding hydrogens is 324 g/mol. The molecule has 1 aromatic rings. The monoisotopic (exact) mass is 344 g/mol. The molecule has 7 nitrogen and oxygen atoms in total. The predicted molar refractivity (Wildman–Crippen MR) is 89.4 cm³/mol. The second-order valence-corrected chi connectivity index (χ2v) is 6.66. The minimum Gasteiger partial charge on any atom is -0.477 e. The maximum Gasteiger partial charge on any atom is 0.352 e. The fourth-order valence-electron chi connectivity index (χ4n) is 3.63. The Kier molecular flexibility index (Phi) is 4.12. The van der Waals surface area contributed by atoms with Crippen LogP contribution in [0.4, 0.5) is 0 Å². The first-order chi connectivity index (χ1) is 11.7. The van der Waals surface area contributed by atoms with Gasteiger partial charge in [0.1, 0.15) is 5.70 Å². The minimum atomic E-state index is -1.18. The Labute approximate surface area is 145 Å². The molecule has 1 unspecified atom stereocenters. The van der Waals surface area contributed by atoms with Crippen LogP contribution in [-0.4, -0.2) is 64.0 Å². The summed E-state index contributed by atoms with van der Waals surface area (Å²) in [5, 5.41) is 19.4. The fraction of sp³-hybridized carbons (Fsp3) is 0.389. The van der Waals surface area contributed by atoms with E-state index >= 15 is 0 Å². The third-order valence-electron chi connectivity index (χ3n) is 4.80. The summed E-state index contributed by atoms with van der Waals surface area (Å²) < 4.78 is 0. The Balaban J connectivity index is 2.02. The summed E-state index contributed by atoms with van der Waals surface area (Å²) in [6.45, 7) is 1.54. The molecule has 0 radical (unpaired) electrons. The normalized spacial score (nSPS) is 23.2. The summed E-state index contributed by atoms with van der Waals surface area (Å²) in [6, 6.07) is 6.40. The van der Waals surface area contributed by atoms with Gasteiger partial charge in [0, 0.05) is 19.7 Å². The zero-order valence-electron chi connectivity index (χ0n) is 14.3. The molecule has 2 N–H and O–H groups in total. The number of hydrogen-bond donors (Lipinski definition) is 2. The first-order valence-corrected chi connectivity index (χ1v) is 8.03. The molecule has 2 aliphatic heterocycles. The number of nitrogens with zero attached hydrogens (tertiary/aromatic N) is 2. The van der Waals surface area contributed by atoms with E-state index in [0.717, 1.165) is 0 Å². The van der Waals surface area contributed by atoms with Crippen molar-refractivity contribution in [1.82, 2.24) is 9.80 Å². The average Bonchev–Trinajstić information content (AvgIpc) is 2.89. The highest BCUT2D eigenvalue weighted by atomic mass is 16.4. The lowest BCUT2D eigenvalue weighted by Crippen LogP contribution is -2.61. The topological polar surface area (TPSA) is 98.1 Å². The quantitative estimate of drug-likeness (QED) is 0.787. The largest absolute Gasteiger partial charge is 0.477 e. The van der Waals surface area contributed by atoms with Crippen molar-refractivity contribution in [1.29, 1.82) is 0 Å². The first kappa shape index (κ1) is 17.2. The molecule has 0 aromatic heterocycles. The Morgan fingerprint density at radius 3 is 2.56 bits per heavy atom. The molecule has 0 saturated carbocycles. The zero-order chi connectivity index (χ0) is 18.5. The SMILES string of the molecule is C[C@@H](O)[C@H]1C(=O)N2C(C(=O)O)=C(c3cccc(C(=O)N(C)C)c3)CC12. The molecular formula is C18H20N2O5. The van der Waals surface area contributed by atoms with Crippen molar-refractivity contribution in [3.63, 3.8) is 0 Å². The smallest absolute Gasteiger partial charge is 0.352 e. The van der Waals surface area contributed by atoms with Crippen LogP contribution >= 0.6 is 0 Å². The van der Waals surface area contributed by atoms with Crippen molar-refractivity contribution < 1.29 is 24.6 Å². The lowest BCUT2D eigenvalue weighted by atomic mass is 9.82. The molecule has 1 fully saturated rings. The second-order valence-electron chi connectivity index (χ2n) is 6.66. The number of carbonyl (C=O) groups is 3. The number of hydrogen-bond acceptors (Lipinski definition) is 4. The third-order valence-corrected chi connectivity index (χ3v) is 4.80. The van der Waals surface area contributed by atoms with Crippen molar-refractivity contribution in [2.75, 3.05) is 14.1 Å². The highest BCUT2D eigenvalue weighted by Crippen LogP contribution is 2.46. The van der Waals surface area contributed by atoms with Crippen molar-refractivity contribution in [3.05, 3.63) is 41.1 Å². The molecule has 7 heteroatoms. The number of β-lactam (4-membered cyclic amide) rings is 1. The standard InChI is InChI=1S/C18H20N2O5/c1-9(21)14-13-8-12(15(18(24)25)20(13)17(14)23)10-5-4-6-11(7-10)16(22)19(2)3/h4-7,9,13-14,21H,8H2,1-3H3,(H,24,25)/t9-,13?,14-/m1/s1. The number of aliphatic carboxylic acids is 1. The molecule has 25 heavy (non-hydrogen) atoms. The van der Waals surface area contributed by atoms with Gasteiger partial charge in [0.05, 0.1) is 18.1 Å². The summed E-state index contributed by atoms with van der Waals surface area (Å²) in [7, 11) is 3.29. The van der Waals surface area contributed by atoms with Crippen LogP contribution in [0.5, 0.6) is 0 Å². The Morgan fingerprint density at radius 2 is 2.00 bits per heavy atom. The summed E-state index contributed by atoms with van der Waals surface area (Å²) in [5.41, 5.74) is 1.52. The molecule has 2 aliphatic rings. The molecule has 1 saturated heterocycles. The van der Waals surface area contributed by atoms with Gasteiger partial charge in [-0.3, -0.25) is 9.59 Å². The fourth-order valence-corrected chi connectivity index (χ4v) is 3.63. The van der Waals surface area contributed by atoms with Gasteiger partial charge < -0.3 is 20.0 Å². The zero-order valence-corrected chi connectivity index (χ0v) is 14.3. The number of aliphatic hydroxyl groups excluding tert-OH is 1. The van der Waals surface area contributed by atoms with Crippen LogP contribution < -0.4 is 0 Å². The summed E-state index contributed by atoms with van der Waals surface area (Å²) in [4.78, 5) is 38.8. The summed E-state index contributed by atoms with van der Waals surface area (Å²) >= 11 is 0. The Hall–Kier alpha value is -2.67. The number of carboxylic acid groups (broad SMARTS) is 1. The lowest BCUT2D eigenvalue weighted by Gasteiger charge is -2.44. The molecule has 2 heterocycles. The van der Waals surface area contributed by atoms with Gasteiger partial charge in [-0.2, -0.15) is 0 Å². The highest BCUT2D eigenvalue weighted by Gasteiger charge is 2.56. The van der Waals surface area contributed by atoms with E-state index in [4.69, 9.17) is 0 Å². The number of fused-ring (bicyclic) bond motifs is 1. The van der Waals surface area contributed by atoms with Gasteiger partial charge in [0.25, 0.3) is 5.91 Å². The number of carbonyl (C=O) groups excluding carboxylic acids is 2. The maximum absolute atomic E-state index is 12.2. The molecule has 0 aliphatic carbocycles. The van der Waals surface area contributed by atoms with E-state index in [9.17, 15) is 24.6 Å². The molecule has 1 aromatic carbocycles. The molecule has 0 bridgehead atoms. The number of amides is 2. The first-order valence-electron chi connectivity index (χ1n) is 8.03. The minimum absolute atomic E-state index is 0.0543. The van der Waals surface area contributed by atoms with E-state index in [0.29, 0.717) is 23.1 Å². The highest BCUT2D eigenvalue weighted by molar-refractivity contribution is 6.06. The van der Waals surface area contributed by atoms with Gasteiger partial charge in [-0.05, 0) is 36.6 Å². The van der Waals surface area contributed by atoms with Crippen molar-refractivity contribution in [2.24, 2.45) is 5.92 Å². The van der Waals surface area contributed by atoms with Crippen molar-refractivity contribution in [3.8, 4) is 0 Å². The molecule has 2 amide bonds. The average molecular weight is 344 g/mol. The van der Waals surface area contributed by atoms with E-state index in [-0.39, 0.29) is 23.6 Å². The third kappa shape index (κ3) is 2.60. The molecule has 3 atom stereocenters. The van der Waals surface area contributed by atoms with Crippen LogP contribution in [0.25, 0.3) is 5.57 Å². The van der Waals surface area contributed by atoms with Gasteiger partial charge in [-0.15, -0.1) is 0 Å². The van der Waals surface area contributed by atoms with Gasteiger partial charge in [0.15, 0.2) is 0 Å². The van der Waals surface area contributed by atoms with Crippen molar-refractivity contribution >= 4 is 23.4 Å². The van der Waals surface area contributed by atoms with Crippen molar-refractivity contribution in [2.45, 2.75) is 25.5 Å².